The first kappa shape index (κ1) is 16.4. The predicted molar refractivity (Wildman–Crippen MR) is 95.1 cm³/mol. The SMILES string of the molecule is Cc1ccccc1CNC(=O)c1cc(N2CCCCCC2)ncn1. The highest BCUT2D eigenvalue weighted by Gasteiger charge is 2.14. The van der Waals surface area contributed by atoms with Gasteiger partial charge in [-0.25, -0.2) is 9.97 Å². The summed E-state index contributed by atoms with van der Waals surface area (Å²) in [4.78, 5) is 23.2. The fourth-order valence-corrected chi connectivity index (χ4v) is 3.02. The van der Waals surface area contributed by atoms with Crippen LogP contribution in [0.2, 0.25) is 0 Å². The van der Waals surface area contributed by atoms with Crippen LogP contribution in [0.3, 0.4) is 0 Å². The van der Waals surface area contributed by atoms with E-state index >= 15 is 0 Å². The number of nitrogens with zero attached hydrogens (tertiary/aromatic N) is 3. The van der Waals surface area contributed by atoms with Gasteiger partial charge in [-0.15, -0.1) is 0 Å². The number of carbonyl (C=O) groups is 1. The molecular formula is C19H24N4O. The Morgan fingerprint density at radius 2 is 1.88 bits per heavy atom. The Morgan fingerprint density at radius 3 is 2.62 bits per heavy atom. The Labute approximate surface area is 143 Å². The lowest BCUT2D eigenvalue weighted by atomic mass is 10.1. The molecule has 1 aliphatic heterocycles. The number of nitrogens with one attached hydrogen (secondary N) is 1. The van der Waals surface area contributed by atoms with Gasteiger partial charge in [-0.2, -0.15) is 0 Å². The monoisotopic (exact) mass is 324 g/mol. The van der Waals surface area contributed by atoms with Crippen molar-refractivity contribution in [3.8, 4) is 0 Å². The zero-order chi connectivity index (χ0) is 16.8. The number of carbonyl (C=O) groups excluding carboxylic acids is 1. The molecule has 2 heterocycles. The second-order valence-electron chi connectivity index (χ2n) is 6.27. The lowest BCUT2D eigenvalue weighted by Crippen LogP contribution is -2.27. The van der Waals surface area contributed by atoms with Crippen molar-refractivity contribution in [1.82, 2.24) is 15.3 Å². The zero-order valence-corrected chi connectivity index (χ0v) is 14.2. The van der Waals surface area contributed by atoms with E-state index in [0.717, 1.165) is 24.5 Å². The number of benzene rings is 1. The molecule has 0 radical (unpaired) electrons. The number of rotatable bonds is 4. The Bertz CT molecular complexity index is 693. The minimum absolute atomic E-state index is 0.156. The molecule has 1 aromatic heterocycles. The molecule has 1 fully saturated rings. The van der Waals surface area contributed by atoms with Gasteiger partial charge in [0.15, 0.2) is 0 Å². The molecule has 5 nitrogen and oxygen atoms in total. The van der Waals surface area contributed by atoms with Crippen LogP contribution in [-0.2, 0) is 6.54 Å². The predicted octanol–water partition coefficient (Wildman–Crippen LogP) is 3.10. The molecule has 1 N–H and O–H groups in total. The summed E-state index contributed by atoms with van der Waals surface area (Å²) in [5.74, 6) is 0.699. The molecule has 5 heteroatoms. The quantitative estimate of drug-likeness (QED) is 0.939. The van der Waals surface area contributed by atoms with Gasteiger partial charge in [0.2, 0.25) is 0 Å². The molecule has 0 saturated carbocycles. The van der Waals surface area contributed by atoms with E-state index in [-0.39, 0.29) is 5.91 Å². The second-order valence-corrected chi connectivity index (χ2v) is 6.27. The van der Waals surface area contributed by atoms with Gasteiger partial charge in [-0.1, -0.05) is 37.1 Å². The van der Waals surface area contributed by atoms with Crippen LogP contribution in [0.15, 0.2) is 36.7 Å². The first-order chi connectivity index (χ1) is 11.7. The molecule has 2 aromatic rings. The van der Waals surface area contributed by atoms with Crippen molar-refractivity contribution < 1.29 is 4.79 Å². The van der Waals surface area contributed by atoms with Gasteiger partial charge >= 0.3 is 0 Å². The molecule has 24 heavy (non-hydrogen) atoms. The summed E-state index contributed by atoms with van der Waals surface area (Å²) in [6.07, 6.45) is 6.39. The largest absolute Gasteiger partial charge is 0.357 e. The van der Waals surface area contributed by atoms with Crippen molar-refractivity contribution in [2.75, 3.05) is 18.0 Å². The van der Waals surface area contributed by atoms with Crippen molar-refractivity contribution >= 4 is 11.7 Å². The topological polar surface area (TPSA) is 58.1 Å². The van der Waals surface area contributed by atoms with E-state index in [1.807, 2.05) is 31.2 Å². The lowest BCUT2D eigenvalue weighted by Gasteiger charge is -2.21. The standard InChI is InChI=1S/C19H24N4O/c1-15-8-4-5-9-16(15)13-20-19(24)17-12-18(22-14-21-17)23-10-6-2-3-7-11-23/h4-5,8-9,12,14H,2-3,6-7,10-11,13H2,1H3,(H,20,24). The first-order valence-corrected chi connectivity index (χ1v) is 8.64. The van der Waals surface area contributed by atoms with Gasteiger partial charge < -0.3 is 10.2 Å². The molecule has 1 saturated heterocycles. The van der Waals surface area contributed by atoms with Gasteiger partial charge in [0, 0.05) is 25.7 Å². The summed E-state index contributed by atoms with van der Waals surface area (Å²) >= 11 is 0. The first-order valence-electron chi connectivity index (χ1n) is 8.64. The summed E-state index contributed by atoms with van der Waals surface area (Å²) in [5.41, 5.74) is 2.72. The van der Waals surface area contributed by atoms with Crippen molar-refractivity contribution in [3.05, 3.63) is 53.5 Å². The minimum Gasteiger partial charge on any atom is -0.357 e. The second kappa shape index (κ2) is 7.90. The van der Waals surface area contributed by atoms with E-state index in [2.05, 4.69) is 20.2 Å². The number of hydrogen-bond acceptors (Lipinski definition) is 4. The van der Waals surface area contributed by atoms with Crippen LogP contribution in [0.25, 0.3) is 0 Å². The van der Waals surface area contributed by atoms with Crippen LogP contribution in [0.1, 0.15) is 47.3 Å². The Balaban J connectivity index is 1.66. The summed E-state index contributed by atoms with van der Waals surface area (Å²) in [6.45, 7) is 4.56. The van der Waals surface area contributed by atoms with Gasteiger partial charge in [-0.05, 0) is 30.9 Å². The van der Waals surface area contributed by atoms with Crippen LogP contribution in [-0.4, -0.2) is 29.0 Å². The van der Waals surface area contributed by atoms with E-state index in [1.54, 1.807) is 6.07 Å². The maximum atomic E-state index is 12.4. The van der Waals surface area contributed by atoms with Gasteiger partial charge in [0.25, 0.3) is 5.91 Å². The average molecular weight is 324 g/mol. The van der Waals surface area contributed by atoms with Gasteiger partial charge in [0.1, 0.15) is 17.8 Å². The van der Waals surface area contributed by atoms with Crippen molar-refractivity contribution in [1.29, 1.82) is 0 Å². The molecule has 1 aromatic carbocycles. The highest BCUT2D eigenvalue weighted by atomic mass is 16.1. The Kier molecular flexibility index (Phi) is 5.41. The molecule has 1 aliphatic rings. The van der Waals surface area contributed by atoms with E-state index in [1.165, 1.54) is 37.6 Å². The summed E-state index contributed by atoms with van der Waals surface area (Å²) in [6, 6.07) is 9.86. The summed E-state index contributed by atoms with van der Waals surface area (Å²) in [7, 11) is 0. The highest BCUT2D eigenvalue weighted by Crippen LogP contribution is 2.17. The number of aryl methyl sites for hydroxylation is 1. The molecular weight excluding hydrogens is 300 g/mol. The molecule has 0 spiro atoms. The van der Waals surface area contributed by atoms with Crippen molar-refractivity contribution in [2.45, 2.75) is 39.2 Å². The lowest BCUT2D eigenvalue weighted by molar-refractivity contribution is 0.0945. The van der Waals surface area contributed by atoms with Crippen LogP contribution in [0.5, 0.6) is 0 Å². The number of aromatic nitrogens is 2. The van der Waals surface area contributed by atoms with E-state index in [0.29, 0.717) is 12.2 Å². The smallest absolute Gasteiger partial charge is 0.270 e. The average Bonchev–Trinajstić information content (AvgIpc) is 2.90. The van der Waals surface area contributed by atoms with E-state index in [9.17, 15) is 4.79 Å². The molecule has 126 valence electrons. The van der Waals surface area contributed by atoms with Crippen LogP contribution < -0.4 is 10.2 Å². The Morgan fingerprint density at radius 1 is 1.12 bits per heavy atom. The summed E-state index contributed by atoms with van der Waals surface area (Å²) in [5, 5.41) is 2.95. The Hall–Kier alpha value is -2.43. The minimum atomic E-state index is -0.156. The molecule has 0 aliphatic carbocycles. The van der Waals surface area contributed by atoms with E-state index in [4.69, 9.17) is 0 Å². The normalized spacial score (nSPS) is 15.0. The van der Waals surface area contributed by atoms with E-state index < -0.39 is 0 Å². The maximum absolute atomic E-state index is 12.4. The van der Waals surface area contributed by atoms with Crippen molar-refractivity contribution in [3.63, 3.8) is 0 Å². The molecule has 3 rings (SSSR count). The number of anilines is 1. The maximum Gasteiger partial charge on any atom is 0.270 e. The third kappa shape index (κ3) is 4.10. The molecule has 0 unspecified atom stereocenters. The van der Waals surface area contributed by atoms with Crippen molar-refractivity contribution in [2.24, 2.45) is 0 Å². The molecule has 0 bridgehead atoms. The molecule has 0 atom stereocenters. The zero-order valence-electron chi connectivity index (χ0n) is 14.2. The van der Waals surface area contributed by atoms with Gasteiger partial charge in [-0.3, -0.25) is 4.79 Å². The summed E-state index contributed by atoms with van der Waals surface area (Å²) < 4.78 is 0. The third-order valence-electron chi connectivity index (χ3n) is 4.52. The van der Waals surface area contributed by atoms with Crippen LogP contribution in [0.4, 0.5) is 5.82 Å². The number of amides is 1. The fraction of sp³-hybridized carbons (Fsp3) is 0.421. The highest BCUT2D eigenvalue weighted by molar-refractivity contribution is 5.92. The van der Waals surface area contributed by atoms with Gasteiger partial charge in [0.05, 0.1) is 0 Å². The van der Waals surface area contributed by atoms with Crippen LogP contribution in [0, 0.1) is 6.92 Å². The third-order valence-corrected chi connectivity index (χ3v) is 4.52. The number of hydrogen-bond donors (Lipinski definition) is 1. The molecule has 1 amide bonds. The van der Waals surface area contributed by atoms with Crippen LogP contribution >= 0.6 is 0 Å². The fourth-order valence-electron chi connectivity index (χ4n) is 3.02.